The maximum Gasteiger partial charge on any atom is 0.144 e. The molecule has 0 aromatic heterocycles. The molecule has 19 heavy (non-hydrogen) atoms. The van der Waals surface area contributed by atoms with E-state index in [9.17, 15) is 4.39 Å². The molecule has 3 nitrogen and oxygen atoms in total. The van der Waals surface area contributed by atoms with Gasteiger partial charge in [0.25, 0.3) is 0 Å². The van der Waals surface area contributed by atoms with Crippen LogP contribution in [-0.2, 0) is 0 Å². The number of hydrogen-bond acceptors (Lipinski definition) is 2. The molecule has 0 fully saturated rings. The summed E-state index contributed by atoms with van der Waals surface area (Å²) in [5.41, 5.74) is 5.97. The van der Waals surface area contributed by atoms with E-state index in [-0.39, 0.29) is 11.7 Å². The maximum atomic E-state index is 13.2. The first-order valence-electron chi connectivity index (χ1n) is 5.24. The molecule has 0 bridgehead atoms. The van der Waals surface area contributed by atoms with Crippen LogP contribution in [0.15, 0.2) is 45.3 Å². The molecule has 0 amide bonds. The summed E-state index contributed by atoms with van der Waals surface area (Å²) < 4.78 is 20.1. The van der Waals surface area contributed by atoms with Gasteiger partial charge < -0.3 is 10.5 Å². The molecule has 0 spiro atoms. The van der Waals surface area contributed by atoms with Gasteiger partial charge in [-0.15, -0.1) is 0 Å². The van der Waals surface area contributed by atoms with E-state index in [4.69, 9.17) is 15.9 Å². The first-order chi connectivity index (χ1) is 8.97. The van der Waals surface area contributed by atoms with Crippen LogP contribution in [-0.4, -0.2) is 5.84 Å². The van der Waals surface area contributed by atoms with E-state index < -0.39 is 0 Å². The predicted octanol–water partition coefficient (Wildman–Crippen LogP) is 4.43. The van der Waals surface area contributed by atoms with Crippen molar-refractivity contribution in [2.24, 2.45) is 5.73 Å². The Hall–Kier alpha value is -1.40. The van der Waals surface area contributed by atoms with Crippen LogP contribution in [0.25, 0.3) is 0 Å². The average Bonchev–Trinajstić information content (AvgIpc) is 2.36. The number of nitrogens with two attached hydrogens (primary N) is 1. The van der Waals surface area contributed by atoms with Crippen LogP contribution in [0.1, 0.15) is 5.56 Å². The Balaban J connectivity index is 2.33. The molecule has 0 aliphatic rings. The van der Waals surface area contributed by atoms with Gasteiger partial charge in [0.05, 0.1) is 8.95 Å². The maximum absolute atomic E-state index is 13.2. The van der Waals surface area contributed by atoms with Gasteiger partial charge in [-0.2, -0.15) is 0 Å². The Morgan fingerprint density at radius 1 is 1.05 bits per heavy atom. The predicted molar refractivity (Wildman–Crippen MR) is 79.3 cm³/mol. The Labute approximate surface area is 126 Å². The van der Waals surface area contributed by atoms with Gasteiger partial charge in [0.1, 0.15) is 23.2 Å². The lowest BCUT2D eigenvalue weighted by Gasteiger charge is -2.10. The molecule has 2 aromatic rings. The highest BCUT2D eigenvalue weighted by molar-refractivity contribution is 9.11. The van der Waals surface area contributed by atoms with Crippen molar-refractivity contribution in [2.75, 3.05) is 0 Å². The van der Waals surface area contributed by atoms with E-state index in [1.54, 1.807) is 24.3 Å². The van der Waals surface area contributed by atoms with E-state index in [2.05, 4.69) is 31.9 Å². The van der Waals surface area contributed by atoms with Gasteiger partial charge in [-0.1, -0.05) is 0 Å². The summed E-state index contributed by atoms with van der Waals surface area (Å²) >= 11 is 6.62. The summed E-state index contributed by atoms with van der Waals surface area (Å²) in [5, 5.41) is 7.34. The van der Waals surface area contributed by atoms with Gasteiger partial charge in [-0.3, -0.25) is 5.41 Å². The molecule has 0 atom stereocenters. The van der Waals surface area contributed by atoms with Crippen LogP contribution < -0.4 is 10.5 Å². The van der Waals surface area contributed by atoms with E-state index in [0.717, 1.165) is 0 Å². The number of nitrogen functional groups attached to an aromatic ring is 1. The SMILES string of the molecule is N=C(N)c1ccc(Oc2cc(F)ccc2Br)c(Br)c1. The highest BCUT2D eigenvalue weighted by Gasteiger charge is 2.09. The molecule has 0 radical (unpaired) electrons. The summed E-state index contributed by atoms with van der Waals surface area (Å²) in [5.74, 6) is 0.474. The second kappa shape index (κ2) is 5.71. The van der Waals surface area contributed by atoms with Gasteiger partial charge >= 0.3 is 0 Å². The quantitative estimate of drug-likeness (QED) is 0.604. The Morgan fingerprint density at radius 3 is 2.42 bits per heavy atom. The van der Waals surface area contributed by atoms with Crippen LogP contribution in [0, 0.1) is 11.2 Å². The highest BCUT2D eigenvalue weighted by Crippen LogP contribution is 2.34. The topological polar surface area (TPSA) is 59.1 Å². The van der Waals surface area contributed by atoms with Crippen molar-refractivity contribution in [1.29, 1.82) is 5.41 Å². The van der Waals surface area contributed by atoms with Gasteiger partial charge in [-0.25, -0.2) is 4.39 Å². The molecule has 98 valence electrons. The van der Waals surface area contributed by atoms with Crippen molar-refractivity contribution in [3.63, 3.8) is 0 Å². The molecule has 0 saturated heterocycles. The summed E-state index contributed by atoms with van der Waals surface area (Å²) in [7, 11) is 0. The lowest BCUT2D eigenvalue weighted by atomic mass is 10.2. The summed E-state index contributed by atoms with van der Waals surface area (Å²) in [6, 6.07) is 9.20. The monoisotopic (exact) mass is 386 g/mol. The normalized spacial score (nSPS) is 10.3. The van der Waals surface area contributed by atoms with Crippen LogP contribution in [0.5, 0.6) is 11.5 Å². The minimum absolute atomic E-state index is 0.0285. The van der Waals surface area contributed by atoms with Gasteiger partial charge in [0.2, 0.25) is 0 Å². The molecule has 0 heterocycles. The first-order valence-corrected chi connectivity index (χ1v) is 6.83. The summed E-state index contributed by atoms with van der Waals surface area (Å²) in [6.07, 6.45) is 0. The number of benzene rings is 2. The molecule has 2 rings (SSSR count). The van der Waals surface area contributed by atoms with Gasteiger partial charge in [-0.05, 0) is 62.2 Å². The fraction of sp³-hybridized carbons (Fsp3) is 0. The molecule has 0 unspecified atom stereocenters. The van der Waals surface area contributed by atoms with Crippen LogP contribution in [0.3, 0.4) is 0 Å². The lowest BCUT2D eigenvalue weighted by Crippen LogP contribution is -2.10. The second-order valence-corrected chi connectivity index (χ2v) is 5.44. The molecular weight excluding hydrogens is 379 g/mol. The molecule has 2 aromatic carbocycles. The van der Waals surface area contributed by atoms with Gasteiger partial charge in [0, 0.05) is 11.6 Å². The zero-order valence-electron chi connectivity index (χ0n) is 9.58. The minimum Gasteiger partial charge on any atom is -0.455 e. The minimum atomic E-state index is -0.380. The van der Waals surface area contributed by atoms with Crippen molar-refractivity contribution in [2.45, 2.75) is 0 Å². The third-order valence-electron chi connectivity index (χ3n) is 2.36. The number of nitrogens with one attached hydrogen (secondary N) is 1. The second-order valence-electron chi connectivity index (χ2n) is 3.74. The van der Waals surface area contributed by atoms with Crippen molar-refractivity contribution in [1.82, 2.24) is 0 Å². The summed E-state index contributed by atoms with van der Waals surface area (Å²) in [4.78, 5) is 0. The summed E-state index contributed by atoms with van der Waals surface area (Å²) in [6.45, 7) is 0. The number of ether oxygens (including phenoxy) is 1. The average molecular weight is 388 g/mol. The molecule has 0 saturated carbocycles. The molecule has 3 N–H and O–H groups in total. The number of amidine groups is 1. The zero-order chi connectivity index (χ0) is 14.0. The molecule has 0 aliphatic carbocycles. The zero-order valence-corrected chi connectivity index (χ0v) is 12.8. The van der Waals surface area contributed by atoms with Crippen LogP contribution in [0.2, 0.25) is 0 Å². The Kier molecular flexibility index (Phi) is 4.21. The van der Waals surface area contributed by atoms with Crippen molar-refractivity contribution < 1.29 is 9.13 Å². The molecule has 6 heteroatoms. The fourth-order valence-electron chi connectivity index (χ4n) is 1.43. The largest absolute Gasteiger partial charge is 0.455 e. The Bertz CT molecular complexity index is 647. The van der Waals surface area contributed by atoms with Crippen molar-refractivity contribution >= 4 is 37.7 Å². The van der Waals surface area contributed by atoms with Crippen LogP contribution >= 0.6 is 31.9 Å². The lowest BCUT2D eigenvalue weighted by molar-refractivity contribution is 0.471. The van der Waals surface area contributed by atoms with E-state index in [1.807, 2.05) is 0 Å². The van der Waals surface area contributed by atoms with Gasteiger partial charge in [0.15, 0.2) is 0 Å². The third-order valence-corrected chi connectivity index (χ3v) is 3.63. The smallest absolute Gasteiger partial charge is 0.144 e. The molecule has 0 aliphatic heterocycles. The Morgan fingerprint density at radius 2 is 1.79 bits per heavy atom. The van der Waals surface area contributed by atoms with E-state index in [1.165, 1.54) is 12.1 Å². The number of rotatable bonds is 3. The van der Waals surface area contributed by atoms with E-state index in [0.29, 0.717) is 26.0 Å². The van der Waals surface area contributed by atoms with Crippen LogP contribution in [0.4, 0.5) is 4.39 Å². The fourth-order valence-corrected chi connectivity index (χ4v) is 2.21. The highest BCUT2D eigenvalue weighted by atomic mass is 79.9. The first kappa shape index (κ1) is 14.0. The number of halogens is 3. The number of hydrogen-bond donors (Lipinski definition) is 2. The van der Waals surface area contributed by atoms with Crippen molar-refractivity contribution in [3.8, 4) is 11.5 Å². The third kappa shape index (κ3) is 3.33. The standard InChI is InChI=1S/C13H9Br2FN2O/c14-9-3-2-8(16)6-12(9)19-11-4-1-7(13(17)18)5-10(11)15/h1-6H,(H3,17,18). The molecular formula is C13H9Br2FN2O. The van der Waals surface area contributed by atoms with E-state index >= 15 is 0 Å². The van der Waals surface area contributed by atoms with Crippen molar-refractivity contribution in [3.05, 3.63) is 56.7 Å².